The molecule has 3 heterocycles. The number of likely N-dealkylation sites (N-methyl/N-ethyl adjacent to an activating group) is 1. The van der Waals surface area contributed by atoms with Crippen LogP contribution in [0.5, 0.6) is 11.5 Å². The number of hydrogen-bond acceptors (Lipinski definition) is 6. The summed E-state index contributed by atoms with van der Waals surface area (Å²) in [6.07, 6.45) is 1.63. The van der Waals surface area contributed by atoms with E-state index in [1.807, 2.05) is 31.3 Å². The van der Waals surface area contributed by atoms with Crippen LogP contribution in [-0.4, -0.2) is 57.8 Å². The monoisotopic (exact) mass is 450 g/mol. The summed E-state index contributed by atoms with van der Waals surface area (Å²) in [5.41, 5.74) is 4.04. The standard InChI is InChI=1S/C26H30N4O3.2H2/c1-27-10-12-33-19-5-3-18(4-6-19)22-14-24(21-8-7-20(32-2)13-23(21)29-22)30-11-9-26(17-30)15-25(31)28-16-26;;/h3-8,13-14,27H,9-12,15-17H2,1-2H3,(H,28,31);2*1H. The van der Waals surface area contributed by atoms with Gasteiger partial charge in [0.25, 0.3) is 0 Å². The number of carbonyl (C=O) groups is 1. The van der Waals surface area contributed by atoms with Gasteiger partial charge < -0.3 is 25.0 Å². The molecule has 33 heavy (non-hydrogen) atoms. The molecule has 1 atom stereocenters. The molecule has 0 saturated carbocycles. The van der Waals surface area contributed by atoms with Crippen LogP contribution in [0.2, 0.25) is 0 Å². The predicted molar refractivity (Wildman–Crippen MR) is 134 cm³/mol. The maximum Gasteiger partial charge on any atom is 0.220 e. The van der Waals surface area contributed by atoms with Crippen LogP contribution in [-0.2, 0) is 4.79 Å². The number of ether oxygens (including phenoxy) is 2. The lowest BCUT2D eigenvalue weighted by atomic mass is 9.86. The second kappa shape index (κ2) is 8.90. The first-order valence-corrected chi connectivity index (χ1v) is 11.5. The molecule has 1 unspecified atom stereocenters. The molecule has 2 aromatic carbocycles. The normalized spacial score (nSPS) is 19.9. The van der Waals surface area contributed by atoms with Crippen molar-refractivity contribution in [2.75, 3.05) is 51.8 Å². The van der Waals surface area contributed by atoms with Crippen molar-refractivity contribution in [1.29, 1.82) is 0 Å². The molecule has 7 heteroatoms. The van der Waals surface area contributed by atoms with Crippen LogP contribution in [0.3, 0.4) is 0 Å². The Labute approximate surface area is 197 Å². The number of pyridine rings is 1. The van der Waals surface area contributed by atoms with Gasteiger partial charge in [-0.05, 0) is 55.9 Å². The van der Waals surface area contributed by atoms with Crippen LogP contribution in [0.15, 0.2) is 48.5 Å². The zero-order valence-corrected chi connectivity index (χ0v) is 19.2. The van der Waals surface area contributed by atoms with Gasteiger partial charge in [-0.3, -0.25) is 4.79 Å². The molecule has 0 aliphatic carbocycles. The Morgan fingerprint density at radius 2 is 2.00 bits per heavy atom. The summed E-state index contributed by atoms with van der Waals surface area (Å²) in [5.74, 6) is 1.80. The highest BCUT2D eigenvalue weighted by Gasteiger charge is 2.44. The first-order chi connectivity index (χ1) is 16.1. The number of rotatable bonds is 7. The van der Waals surface area contributed by atoms with E-state index in [4.69, 9.17) is 14.5 Å². The Balaban J connectivity index is 0.00000171. The summed E-state index contributed by atoms with van der Waals surface area (Å²) in [4.78, 5) is 19.3. The summed E-state index contributed by atoms with van der Waals surface area (Å²) < 4.78 is 11.2. The average Bonchev–Trinajstić information content (AvgIpc) is 3.43. The molecule has 1 amide bonds. The van der Waals surface area contributed by atoms with E-state index in [1.54, 1.807) is 7.11 Å². The molecule has 2 saturated heterocycles. The molecule has 1 aromatic heterocycles. The number of hydrogen-bond donors (Lipinski definition) is 2. The number of aromatic nitrogens is 1. The van der Waals surface area contributed by atoms with Gasteiger partial charge in [-0.15, -0.1) is 0 Å². The highest BCUT2D eigenvalue weighted by Crippen LogP contribution is 2.42. The van der Waals surface area contributed by atoms with Crippen molar-refractivity contribution in [3.8, 4) is 22.8 Å². The Kier molecular flexibility index (Phi) is 5.81. The topological polar surface area (TPSA) is 75.7 Å². The molecular formula is C26H34N4O3. The molecule has 176 valence electrons. The molecule has 7 nitrogen and oxygen atoms in total. The third kappa shape index (κ3) is 4.33. The lowest BCUT2D eigenvalue weighted by Gasteiger charge is -2.25. The van der Waals surface area contributed by atoms with Crippen molar-refractivity contribution in [3.63, 3.8) is 0 Å². The molecule has 0 bridgehead atoms. The van der Waals surface area contributed by atoms with Crippen LogP contribution < -0.4 is 25.0 Å². The number of anilines is 1. The highest BCUT2D eigenvalue weighted by atomic mass is 16.5. The largest absolute Gasteiger partial charge is 0.497 e. The fourth-order valence-corrected chi connectivity index (χ4v) is 4.90. The fraction of sp³-hybridized carbons (Fsp3) is 0.385. The Morgan fingerprint density at radius 3 is 2.73 bits per heavy atom. The number of nitrogens with zero attached hydrogens (tertiary/aromatic N) is 2. The molecule has 2 aliphatic rings. The van der Waals surface area contributed by atoms with Crippen LogP contribution in [0.1, 0.15) is 15.7 Å². The number of fused-ring (bicyclic) bond motifs is 1. The van der Waals surface area contributed by atoms with E-state index in [1.165, 1.54) is 0 Å². The minimum atomic E-state index is 0. The number of nitrogens with one attached hydrogen (secondary N) is 2. The lowest BCUT2D eigenvalue weighted by Crippen LogP contribution is -2.29. The molecule has 3 aromatic rings. The minimum Gasteiger partial charge on any atom is -0.497 e. The van der Waals surface area contributed by atoms with Gasteiger partial charge in [0.15, 0.2) is 0 Å². The molecule has 0 radical (unpaired) electrons. The van der Waals surface area contributed by atoms with E-state index in [0.29, 0.717) is 13.0 Å². The van der Waals surface area contributed by atoms with Gasteiger partial charge in [-0.1, -0.05) is 0 Å². The van der Waals surface area contributed by atoms with Crippen LogP contribution in [0.25, 0.3) is 22.2 Å². The number of amides is 1. The zero-order valence-electron chi connectivity index (χ0n) is 19.2. The van der Waals surface area contributed by atoms with Gasteiger partial charge in [0.2, 0.25) is 5.91 Å². The van der Waals surface area contributed by atoms with Crippen molar-refractivity contribution in [2.24, 2.45) is 5.41 Å². The van der Waals surface area contributed by atoms with E-state index in [2.05, 4.69) is 39.8 Å². The molecule has 2 aliphatic heterocycles. The van der Waals surface area contributed by atoms with Crippen LogP contribution in [0.4, 0.5) is 5.69 Å². The fourth-order valence-electron chi connectivity index (χ4n) is 4.90. The van der Waals surface area contributed by atoms with Gasteiger partial charge in [-0.25, -0.2) is 4.98 Å². The summed E-state index contributed by atoms with van der Waals surface area (Å²) in [7, 11) is 3.58. The van der Waals surface area contributed by atoms with Gasteiger partial charge in [0.1, 0.15) is 18.1 Å². The van der Waals surface area contributed by atoms with E-state index in [0.717, 1.165) is 71.9 Å². The third-order valence-electron chi connectivity index (χ3n) is 6.74. The van der Waals surface area contributed by atoms with E-state index >= 15 is 0 Å². The summed E-state index contributed by atoms with van der Waals surface area (Å²) in [6, 6.07) is 16.3. The molecule has 1 spiro atoms. The second-order valence-corrected chi connectivity index (χ2v) is 9.01. The average molecular weight is 451 g/mol. The first kappa shape index (κ1) is 21.5. The molecule has 2 N–H and O–H groups in total. The van der Waals surface area contributed by atoms with Crippen molar-refractivity contribution in [1.82, 2.24) is 15.6 Å². The molecule has 2 fully saturated rings. The van der Waals surface area contributed by atoms with Crippen molar-refractivity contribution >= 4 is 22.5 Å². The summed E-state index contributed by atoms with van der Waals surface area (Å²) in [6.45, 7) is 3.99. The second-order valence-electron chi connectivity index (χ2n) is 9.01. The zero-order chi connectivity index (χ0) is 22.8. The van der Waals surface area contributed by atoms with E-state index in [9.17, 15) is 4.79 Å². The smallest absolute Gasteiger partial charge is 0.220 e. The number of methoxy groups -OCH3 is 1. The molecular weight excluding hydrogens is 416 g/mol. The summed E-state index contributed by atoms with van der Waals surface area (Å²) >= 11 is 0. The van der Waals surface area contributed by atoms with E-state index < -0.39 is 0 Å². The third-order valence-corrected chi connectivity index (χ3v) is 6.74. The van der Waals surface area contributed by atoms with Crippen molar-refractivity contribution in [2.45, 2.75) is 12.8 Å². The minimum absolute atomic E-state index is 0. The van der Waals surface area contributed by atoms with Crippen LogP contribution >= 0.6 is 0 Å². The van der Waals surface area contributed by atoms with Gasteiger partial charge >= 0.3 is 0 Å². The Morgan fingerprint density at radius 1 is 1.18 bits per heavy atom. The van der Waals surface area contributed by atoms with Gasteiger partial charge in [0.05, 0.1) is 18.3 Å². The van der Waals surface area contributed by atoms with Crippen LogP contribution in [0, 0.1) is 5.41 Å². The maximum atomic E-state index is 11.9. The van der Waals surface area contributed by atoms with Gasteiger partial charge in [0, 0.05) is 63.6 Å². The number of carbonyl (C=O) groups excluding carboxylic acids is 1. The summed E-state index contributed by atoms with van der Waals surface area (Å²) in [5, 5.41) is 7.21. The Hall–Kier alpha value is -3.32. The van der Waals surface area contributed by atoms with Crippen molar-refractivity contribution < 1.29 is 17.1 Å². The molecule has 5 rings (SSSR count). The number of benzene rings is 2. The first-order valence-electron chi connectivity index (χ1n) is 11.5. The maximum absolute atomic E-state index is 11.9. The van der Waals surface area contributed by atoms with E-state index in [-0.39, 0.29) is 14.2 Å². The lowest BCUT2D eigenvalue weighted by molar-refractivity contribution is -0.119. The SMILES string of the molecule is CNCCOc1ccc(-c2cc(N3CCC4(CNC(=O)C4)C3)c3ccc(OC)cc3n2)cc1.[HH].[HH]. The van der Waals surface area contributed by atoms with Gasteiger partial charge in [-0.2, -0.15) is 0 Å². The Bertz CT molecular complexity index is 1180. The highest BCUT2D eigenvalue weighted by molar-refractivity contribution is 5.95. The van der Waals surface area contributed by atoms with Crippen molar-refractivity contribution in [3.05, 3.63) is 48.5 Å². The quantitative estimate of drug-likeness (QED) is 0.535. The predicted octanol–water partition coefficient (Wildman–Crippen LogP) is 3.72.